The number of carbonyl (C=O) groups is 1. The van der Waals surface area contributed by atoms with E-state index in [0.717, 1.165) is 54.2 Å². The van der Waals surface area contributed by atoms with Crippen LogP contribution in [-0.4, -0.2) is 35.6 Å². The Hall–Kier alpha value is -3.45. The number of benzene rings is 2. The molecule has 0 spiro atoms. The van der Waals surface area contributed by atoms with E-state index in [9.17, 15) is 4.79 Å². The third-order valence-electron chi connectivity index (χ3n) is 5.10. The van der Waals surface area contributed by atoms with Crippen molar-refractivity contribution in [1.29, 1.82) is 0 Å². The van der Waals surface area contributed by atoms with E-state index in [1.165, 1.54) is 6.33 Å². The van der Waals surface area contributed by atoms with Crippen molar-refractivity contribution in [1.82, 2.24) is 15.3 Å². The van der Waals surface area contributed by atoms with E-state index in [-0.39, 0.29) is 11.9 Å². The first-order valence-corrected chi connectivity index (χ1v) is 10.1. The minimum atomic E-state index is -0.103. The summed E-state index contributed by atoms with van der Waals surface area (Å²) < 4.78 is 5.20. The number of methoxy groups -OCH3 is 1. The van der Waals surface area contributed by atoms with Gasteiger partial charge in [-0.2, -0.15) is 0 Å². The van der Waals surface area contributed by atoms with Crippen LogP contribution in [0.5, 0.6) is 5.75 Å². The zero-order valence-corrected chi connectivity index (χ0v) is 16.9. The van der Waals surface area contributed by atoms with Crippen molar-refractivity contribution in [3.63, 3.8) is 0 Å². The Balaban J connectivity index is 1.40. The highest BCUT2D eigenvalue weighted by Crippen LogP contribution is 2.24. The maximum atomic E-state index is 12.3. The number of rotatable bonds is 6. The third kappa shape index (κ3) is 4.93. The Morgan fingerprint density at radius 3 is 2.50 bits per heavy atom. The summed E-state index contributed by atoms with van der Waals surface area (Å²) in [5, 5.41) is 9.52. The number of piperidine rings is 1. The number of amides is 1. The predicted octanol–water partition coefficient (Wildman–Crippen LogP) is 3.98. The number of ether oxygens (including phenoxy) is 1. The molecule has 4 rings (SSSR count). The van der Waals surface area contributed by atoms with Crippen molar-refractivity contribution in [2.45, 2.75) is 25.3 Å². The van der Waals surface area contributed by atoms with Crippen LogP contribution >= 0.6 is 0 Å². The fourth-order valence-corrected chi connectivity index (χ4v) is 3.44. The van der Waals surface area contributed by atoms with E-state index in [1.807, 2.05) is 54.6 Å². The largest absolute Gasteiger partial charge is 0.497 e. The molecule has 0 saturated carbocycles. The molecule has 2 aromatic carbocycles. The summed E-state index contributed by atoms with van der Waals surface area (Å²) in [5.74, 6) is 1.52. The Bertz CT molecular complexity index is 983. The SMILES string of the molecule is COc1ccc(-c2cc(Nc3ccc(NC(=O)[C@@H]4CCCCN4)cc3)ncn2)cc1. The molecule has 7 nitrogen and oxygen atoms in total. The van der Waals surface area contributed by atoms with Crippen molar-refractivity contribution in [2.75, 3.05) is 24.3 Å². The van der Waals surface area contributed by atoms with E-state index in [4.69, 9.17) is 4.74 Å². The molecule has 1 aromatic heterocycles. The molecule has 0 bridgehead atoms. The maximum absolute atomic E-state index is 12.3. The number of nitrogens with one attached hydrogen (secondary N) is 3. The summed E-state index contributed by atoms with van der Waals surface area (Å²) in [6.07, 6.45) is 4.64. The Labute approximate surface area is 175 Å². The van der Waals surface area contributed by atoms with Gasteiger partial charge in [-0.3, -0.25) is 4.79 Å². The van der Waals surface area contributed by atoms with E-state index in [1.54, 1.807) is 7.11 Å². The summed E-state index contributed by atoms with van der Waals surface area (Å²) >= 11 is 0. The molecule has 7 heteroatoms. The average molecular weight is 403 g/mol. The van der Waals surface area contributed by atoms with Gasteiger partial charge in [0.1, 0.15) is 17.9 Å². The Morgan fingerprint density at radius 1 is 1.03 bits per heavy atom. The Kier molecular flexibility index (Phi) is 6.20. The average Bonchev–Trinajstić information content (AvgIpc) is 2.81. The summed E-state index contributed by atoms with van der Waals surface area (Å²) in [7, 11) is 1.64. The highest BCUT2D eigenvalue weighted by Gasteiger charge is 2.20. The molecule has 0 unspecified atom stereocenters. The smallest absolute Gasteiger partial charge is 0.241 e. The number of carbonyl (C=O) groups excluding carboxylic acids is 1. The monoisotopic (exact) mass is 403 g/mol. The van der Waals surface area contributed by atoms with Gasteiger partial charge in [0.05, 0.1) is 18.8 Å². The van der Waals surface area contributed by atoms with Gasteiger partial charge in [-0.15, -0.1) is 0 Å². The quantitative estimate of drug-likeness (QED) is 0.577. The summed E-state index contributed by atoms with van der Waals surface area (Å²) in [4.78, 5) is 21.0. The molecule has 2 heterocycles. The van der Waals surface area contributed by atoms with Crippen molar-refractivity contribution in [3.8, 4) is 17.0 Å². The van der Waals surface area contributed by atoms with Crippen LogP contribution in [0.25, 0.3) is 11.3 Å². The van der Waals surface area contributed by atoms with Crippen LogP contribution in [0.2, 0.25) is 0 Å². The molecule has 1 aliphatic rings. The number of nitrogens with zero attached hydrogens (tertiary/aromatic N) is 2. The number of anilines is 3. The molecule has 1 saturated heterocycles. The molecule has 3 N–H and O–H groups in total. The van der Waals surface area contributed by atoms with Crippen molar-refractivity contribution in [3.05, 3.63) is 60.9 Å². The van der Waals surface area contributed by atoms with Gasteiger partial charge >= 0.3 is 0 Å². The topological polar surface area (TPSA) is 88.2 Å². The van der Waals surface area contributed by atoms with E-state index < -0.39 is 0 Å². The molecule has 1 atom stereocenters. The zero-order chi connectivity index (χ0) is 20.8. The molecule has 0 radical (unpaired) electrons. The van der Waals surface area contributed by atoms with Gasteiger partial charge in [0.25, 0.3) is 0 Å². The second kappa shape index (κ2) is 9.37. The van der Waals surface area contributed by atoms with Crippen LogP contribution in [-0.2, 0) is 4.79 Å². The van der Waals surface area contributed by atoms with Crippen LogP contribution in [0.4, 0.5) is 17.2 Å². The molecular weight excluding hydrogens is 378 g/mol. The third-order valence-corrected chi connectivity index (χ3v) is 5.10. The molecule has 1 fully saturated rings. The fourth-order valence-electron chi connectivity index (χ4n) is 3.44. The van der Waals surface area contributed by atoms with Gasteiger partial charge in [0, 0.05) is 23.0 Å². The van der Waals surface area contributed by atoms with E-state index in [0.29, 0.717) is 5.82 Å². The normalized spacial score (nSPS) is 16.0. The van der Waals surface area contributed by atoms with Crippen LogP contribution in [0.15, 0.2) is 60.9 Å². The van der Waals surface area contributed by atoms with Crippen LogP contribution in [0.3, 0.4) is 0 Å². The number of hydrogen-bond donors (Lipinski definition) is 3. The molecule has 0 aliphatic carbocycles. The molecule has 154 valence electrons. The van der Waals surface area contributed by atoms with Gasteiger partial charge in [0.15, 0.2) is 0 Å². The van der Waals surface area contributed by atoms with Crippen LogP contribution < -0.4 is 20.7 Å². The van der Waals surface area contributed by atoms with Crippen molar-refractivity contribution >= 4 is 23.1 Å². The van der Waals surface area contributed by atoms with Crippen molar-refractivity contribution in [2.24, 2.45) is 0 Å². The predicted molar refractivity (Wildman–Crippen MR) is 118 cm³/mol. The molecular formula is C23H25N5O2. The maximum Gasteiger partial charge on any atom is 0.241 e. The van der Waals surface area contributed by atoms with E-state index in [2.05, 4.69) is 25.9 Å². The summed E-state index contributed by atoms with van der Waals surface area (Å²) in [5.41, 5.74) is 3.46. The highest BCUT2D eigenvalue weighted by atomic mass is 16.5. The molecule has 30 heavy (non-hydrogen) atoms. The fraction of sp³-hybridized carbons (Fsp3) is 0.261. The van der Waals surface area contributed by atoms with Crippen molar-refractivity contribution < 1.29 is 9.53 Å². The van der Waals surface area contributed by atoms with Gasteiger partial charge < -0.3 is 20.7 Å². The lowest BCUT2D eigenvalue weighted by molar-refractivity contribution is -0.118. The first kappa shape index (κ1) is 19.8. The number of aromatic nitrogens is 2. The van der Waals surface area contributed by atoms with E-state index >= 15 is 0 Å². The summed E-state index contributed by atoms with van der Waals surface area (Å²) in [6.45, 7) is 0.901. The minimum absolute atomic E-state index is 0.0235. The lowest BCUT2D eigenvalue weighted by Gasteiger charge is -2.22. The van der Waals surface area contributed by atoms with Gasteiger partial charge in [-0.05, 0) is 67.9 Å². The van der Waals surface area contributed by atoms with Gasteiger partial charge in [0.2, 0.25) is 5.91 Å². The number of hydrogen-bond acceptors (Lipinski definition) is 6. The summed E-state index contributed by atoms with van der Waals surface area (Å²) in [6, 6.07) is 17.1. The second-order valence-electron chi connectivity index (χ2n) is 7.21. The second-order valence-corrected chi connectivity index (χ2v) is 7.21. The molecule has 3 aromatic rings. The van der Waals surface area contributed by atoms with Crippen LogP contribution in [0, 0.1) is 0 Å². The van der Waals surface area contributed by atoms with Gasteiger partial charge in [-0.1, -0.05) is 6.42 Å². The van der Waals surface area contributed by atoms with Crippen LogP contribution in [0.1, 0.15) is 19.3 Å². The minimum Gasteiger partial charge on any atom is -0.497 e. The van der Waals surface area contributed by atoms with Gasteiger partial charge in [-0.25, -0.2) is 9.97 Å². The first-order chi connectivity index (χ1) is 14.7. The Morgan fingerprint density at radius 2 is 1.80 bits per heavy atom. The first-order valence-electron chi connectivity index (χ1n) is 10.1. The zero-order valence-electron chi connectivity index (χ0n) is 16.9. The molecule has 1 amide bonds. The highest BCUT2D eigenvalue weighted by molar-refractivity contribution is 5.95. The lowest BCUT2D eigenvalue weighted by Crippen LogP contribution is -2.43. The molecule has 1 aliphatic heterocycles. The standard InChI is InChI=1S/C23H25N5O2/c1-30-19-11-5-16(6-12-19)21-14-22(26-15-25-21)27-17-7-9-18(10-8-17)28-23(29)20-4-2-3-13-24-20/h5-12,14-15,20,24H,2-4,13H2,1H3,(H,28,29)(H,25,26,27)/t20-/m0/s1. The lowest BCUT2D eigenvalue weighted by atomic mass is 10.0.